The first-order valence-corrected chi connectivity index (χ1v) is 16.4. The summed E-state index contributed by atoms with van der Waals surface area (Å²) in [6.07, 6.45) is 13.5. The summed E-state index contributed by atoms with van der Waals surface area (Å²) in [5.41, 5.74) is 6.15. The normalized spacial score (nSPS) is 23.5. The van der Waals surface area contributed by atoms with Crippen LogP contribution in [-0.4, -0.2) is 98.9 Å². The molecule has 6 N–H and O–H groups in total. The molecule has 0 bridgehead atoms. The van der Waals surface area contributed by atoms with Crippen molar-refractivity contribution in [3.05, 3.63) is 0 Å². The van der Waals surface area contributed by atoms with Crippen molar-refractivity contribution in [2.75, 3.05) is 46.1 Å². The molecule has 0 aliphatic carbocycles. The molecule has 6 atom stereocenters. The molecule has 1 aliphatic heterocycles. The quantitative estimate of drug-likeness (QED) is 0.0911. The number of nitrogens with two attached hydrogens (primary N) is 1. The average molecular weight is 590 g/mol. The summed E-state index contributed by atoms with van der Waals surface area (Å²) >= 11 is 0. The van der Waals surface area contributed by atoms with Gasteiger partial charge in [-0.3, -0.25) is 4.79 Å². The number of unbranched alkanes of at least 4 members (excludes halogenated alkanes) is 12. The predicted octanol–water partition coefficient (Wildman–Crippen LogP) is 3.41. The lowest BCUT2D eigenvalue weighted by Gasteiger charge is -2.46. The van der Waals surface area contributed by atoms with Crippen LogP contribution in [0.1, 0.15) is 111 Å². The monoisotopic (exact) mass is 589 g/mol. The van der Waals surface area contributed by atoms with Crippen LogP contribution in [0.2, 0.25) is 0 Å². The lowest BCUT2D eigenvalue weighted by atomic mass is 9.95. The zero-order valence-electron chi connectivity index (χ0n) is 26.3. The maximum Gasteiger partial charge on any atom is 0.217 e. The summed E-state index contributed by atoms with van der Waals surface area (Å²) in [4.78, 5) is 12.3. The van der Waals surface area contributed by atoms with Gasteiger partial charge >= 0.3 is 0 Å². The Balaban J connectivity index is 2.84. The summed E-state index contributed by atoms with van der Waals surface area (Å²) in [5, 5.41) is 25.2. The molecule has 0 aromatic heterocycles. The number of aliphatic hydroxyl groups is 2. The van der Waals surface area contributed by atoms with Crippen molar-refractivity contribution >= 4 is 5.91 Å². The van der Waals surface area contributed by atoms with Crippen LogP contribution in [0, 0.1) is 0 Å². The fourth-order valence-corrected chi connectivity index (χ4v) is 5.19. The highest BCUT2D eigenvalue weighted by Crippen LogP contribution is 2.28. The van der Waals surface area contributed by atoms with E-state index in [1.54, 1.807) is 0 Å². The summed E-state index contributed by atoms with van der Waals surface area (Å²) in [7, 11) is 0. The number of hydrogen-bond acceptors (Lipinski definition) is 9. The standard InChI is InChI=1S/C31H63N3O7/c1-4-6-8-10-12-14-16-20-38-29-27(22-32)41-31(40-24-26(37)23-33-18-19-35)28(34-25(3)36)30(29)39-21-17-15-13-11-9-7-5-2/h26-31,33,35,37H,4-24,32H2,1-3H3,(H,34,36). The molecule has 41 heavy (non-hydrogen) atoms. The van der Waals surface area contributed by atoms with Gasteiger partial charge in [0.05, 0.1) is 19.3 Å². The molecular formula is C31H63N3O7. The molecule has 1 rings (SSSR count). The Bertz CT molecular complexity index is 616. The number of aliphatic hydroxyl groups excluding tert-OH is 2. The molecule has 1 aliphatic rings. The molecule has 0 aromatic rings. The molecule has 0 radical (unpaired) electrons. The van der Waals surface area contributed by atoms with Crippen LogP contribution in [0.15, 0.2) is 0 Å². The van der Waals surface area contributed by atoms with Gasteiger partial charge < -0.3 is 45.5 Å². The van der Waals surface area contributed by atoms with Crippen molar-refractivity contribution in [2.45, 2.75) is 147 Å². The number of carbonyl (C=O) groups excluding carboxylic acids is 1. The zero-order chi connectivity index (χ0) is 30.1. The van der Waals surface area contributed by atoms with Gasteiger partial charge in [-0.1, -0.05) is 90.9 Å². The third-order valence-corrected chi connectivity index (χ3v) is 7.49. The van der Waals surface area contributed by atoms with Crippen LogP contribution >= 0.6 is 0 Å². The average Bonchev–Trinajstić information content (AvgIpc) is 2.96. The minimum atomic E-state index is -0.850. The second-order valence-corrected chi connectivity index (χ2v) is 11.3. The Kier molecular flexibility index (Phi) is 23.9. The van der Waals surface area contributed by atoms with E-state index in [0.29, 0.717) is 19.8 Å². The lowest BCUT2D eigenvalue weighted by molar-refractivity contribution is -0.281. The third-order valence-electron chi connectivity index (χ3n) is 7.49. The minimum Gasteiger partial charge on any atom is -0.395 e. The molecule has 6 unspecified atom stereocenters. The Morgan fingerprint density at radius 2 is 1.39 bits per heavy atom. The molecule has 10 heteroatoms. The highest BCUT2D eigenvalue weighted by Gasteiger charge is 2.48. The molecule has 0 aromatic carbocycles. The SMILES string of the molecule is CCCCCCCCCOC1C(CN)OC(OCC(O)CNCCO)C(NC(C)=O)C1OCCCCCCCCC. The minimum absolute atomic E-state index is 0.00942. The molecule has 0 spiro atoms. The van der Waals surface area contributed by atoms with E-state index in [9.17, 15) is 9.90 Å². The van der Waals surface area contributed by atoms with Gasteiger partial charge in [0, 0.05) is 39.8 Å². The molecule has 1 heterocycles. The Morgan fingerprint density at radius 1 is 0.854 bits per heavy atom. The Hall–Kier alpha value is -0.850. The lowest BCUT2D eigenvalue weighted by Crippen LogP contribution is -2.66. The Labute approximate surface area is 249 Å². The number of amides is 1. The van der Waals surface area contributed by atoms with Crippen LogP contribution in [0.5, 0.6) is 0 Å². The second kappa shape index (κ2) is 25.6. The van der Waals surface area contributed by atoms with Crippen molar-refractivity contribution in [2.24, 2.45) is 5.73 Å². The largest absolute Gasteiger partial charge is 0.395 e. The van der Waals surface area contributed by atoms with Gasteiger partial charge in [-0.15, -0.1) is 0 Å². The fraction of sp³-hybridized carbons (Fsp3) is 0.968. The van der Waals surface area contributed by atoms with E-state index < -0.39 is 36.7 Å². The van der Waals surface area contributed by atoms with Crippen LogP contribution in [0.4, 0.5) is 0 Å². The maximum absolute atomic E-state index is 12.3. The van der Waals surface area contributed by atoms with Crippen LogP contribution in [-0.2, 0) is 23.7 Å². The fourth-order valence-electron chi connectivity index (χ4n) is 5.19. The molecule has 244 valence electrons. The van der Waals surface area contributed by atoms with E-state index in [4.69, 9.17) is 29.8 Å². The highest BCUT2D eigenvalue weighted by atomic mass is 16.7. The van der Waals surface area contributed by atoms with E-state index in [0.717, 1.165) is 25.7 Å². The summed E-state index contributed by atoms with van der Waals surface area (Å²) in [6, 6.07) is -0.614. The smallest absolute Gasteiger partial charge is 0.217 e. The van der Waals surface area contributed by atoms with Gasteiger partial charge in [0.15, 0.2) is 6.29 Å². The molecule has 1 amide bonds. The van der Waals surface area contributed by atoms with Crippen molar-refractivity contribution in [3.8, 4) is 0 Å². The molecule has 10 nitrogen and oxygen atoms in total. The predicted molar refractivity (Wildman–Crippen MR) is 163 cm³/mol. The van der Waals surface area contributed by atoms with Crippen molar-refractivity contribution < 1.29 is 34.0 Å². The first kappa shape index (κ1) is 38.2. The first-order chi connectivity index (χ1) is 20.0. The van der Waals surface area contributed by atoms with E-state index in [2.05, 4.69) is 24.5 Å². The van der Waals surface area contributed by atoms with Crippen LogP contribution < -0.4 is 16.4 Å². The number of nitrogens with one attached hydrogen (secondary N) is 2. The molecule has 1 fully saturated rings. The highest BCUT2D eigenvalue weighted by molar-refractivity contribution is 5.73. The van der Waals surface area contributed by atoms with E-state index in [1.807, 2.05) is 0 Å². The van der Waals surface area contributed by atoms with Crippen molar-refractivity contribution in [3.63, 3.8) is 0 Å². The van der Waals surface area contributed by atoms with Crippen molar-refractivity contribution in [1.29, 1.82) is 0 Å². The van der Waals surface area contributed by atoms with Crippen molar-refractivity contribution in [1.82, 2.24) is 10.6 Å². The van der Waals surface area contributed by atoms with Gasteiger partial charge in [-0.2, -0.15) is 0 Å². The first-order valence-electron chi connectivity index (χ1n) is 16.4. The van der Waals surface area contributed by atoms with Gasteiger partial charge in [0.1, 0.15) is 24.4 Å². The van der Waals surface area contributed by atoms with Gasteiger partial charge in [-0.25, -0.2) is 0 Å². The molecular weight excluding hydrogens is 526 g/mol. The number of ether oxygens (including phenoxy) is 4. The summed E-state index contributed by atoms with van der Waals surface area (Å²) in [5.74, 6) is -0.223. The number of rotatable bonds is 27. The summed E-state index contributed by atoms with van der Waals surface area (Å²) < 4.78 is 25.1. The Morgan fingerprint density at radius 3 is 1.90 bits per heavy atom. The van der Waals surface area contributed by atoms with Crippen LogP contribution in [0.25, 0.3) is 0 Å². The van der Waals surface area contributed by atoms with Gasteiger partial charge in [-0.05, 0) is 12.8 Å². The van der Waals surface area contributed by atoms with Crippen LogP contribution in [0.3, 0.4) is 0 Å². The second-order valence-electron chi connectivity index (χ2n) is 11.3. The van der Waals surface area contributed by atoms with E-state index in [-0.39, 0.29) is 32.2 Å². The summed E-state index contributed by atoms with van der Waals surface area (Å²) in [6.45, 7) is 7.86. The topological polar surface area (TPSA) is 145 Å². The van der Waals surface area contributed by atoms with Gasteiger partial charge in [0.25, 0.3) is 0 Å². The van der Waals surface area contributed by atoms with Gasteiger partial charge in [0.2, 0.25) is 5.91 Å². The maximum atomic E-state index is 12.3. The number of hydrogen-bond donors (Lipinski definition) is 5. The zero-order valence-corrected chi connectivity index (χ0v) is 26.3. The van der Waals surface area contributed by atoms with E-state index >= 15 is 0 Å². The van der Waals surface area contributed by atoms with E-state index in [1.165, 1.54) is 71.1 Å². The molecule has 1 saturated heterocycles. The molecule has 0 saturated carbocycles. The number of carbonyl (C=O) groups is 1. The third kappa shape index (κ3) is 17.8.